The first-order chi connectivity index (χ1) is 63.5. The second-order valence-electron chi connectivity index (χ2n) is 29.4. The van der Waals surface area contributed by atoms with Gasteiger partial charge in [-0.05, 0) is 213 Å². The van der Waals surface area contributed by atoms with Crippen LogP contribution in [0.3, 0.4) is 0 Å². The van der Waals surface area contributed by atoms with Crippen LogP contribution in [0.5, 0.6) is 17.2 Å². The SMILES string of the molecule is Brc1cccc2ncccc12.ClCCl.O=S(=O)(OS(=O)(=O)C(F)(F)F)C(F)(F)F.O=S(=O)(Oc1cc2ccccc2cc1-c1cccc2ncccc12)C(F)(F)F.OB(O)c1cc2ccccc2cc1O.Oc1cc2ccccc2cc1-c1cccc2ncccc12.[O-][n+]1ccc2c3c(cccc31)-c1cc3ccccc3cc1-2.c1ccc2cc3c(cc2c1)-c1cccc2nccc-3c12. The van der Waals surface area contributed by atoms with Crippen molar-refractivity contribution in [3.05, 3.63) is 362 Å². The molecular weight excluding hydrogens is 1900 g/mol. The lowest BCUT2D eigenvalue weighted by atomic mass is 9.78. The number of aromatic hydroxyl groups is 2. The predicted molar refractivity (Wildman–Crippen MR) is 508 cm³/mol. The molecule has 15 aromatic carbocycles. The topological polar surface area (TPSA) is 280 Å². The molecule has 0 saturated heterocycles. The van der Waals surface area contributed by atoms with Crippen LogP contribution in [0, 0.1) is 5.21 Å². The molecule has 0 radical (unpaired) electrons. The van der Waals surface area contributed by atoms with Gasteiger partial charge in [-0.3, -0.25) is 19.9 Å². The monoisotopic (exact) mass is 1960 g/mol. The molecule has 18 nitrogen and oxygen atoms in total. The zero-order valence-corrected chi connectivity index (χ0v) is 73.8. The lowest BCUT2D eigenvalue weighted by molar-refractivity contribution is -0.576. The maximum atomic E-state index is 12.9. The van der Waals surface area contributed by atoms with Crippen molar-refractivity contribution < 1.29 is 97.6 Å². The molecule has 2 aliphatic carbocycles. The van der Waals surface area contributed by atoms with Crippen molar-refractivity contribution >= 4 is 190 Å². The largest absolute Gasteiger partial charge is 0.618 e. The van der Waals surface area contributed by atoms with E-state index in [0.717, 1.165) is 96.6 Å². The quantitative estimate of drug-likeness (QED) is 0.0219. The molecule has 0 aliphatic heterocycles. The minimum Gasteiger partial charge on any atom is -0.618 e. The summed E-state index contributed by atoms with van der Waals surface area (Å²) in [6.07, 6.45) is 8.69. The Labute approximate surface area is 770 Å². The fourth-order valence-electron chi connectivity index (χ4n) is 15.3. The van der Waals surface area contributed by atoms with Gasteiger partial charge in [0.15, 0.2) is 11.9 Å². The molecule has 668 valence electrons. The van der Waals surface area contributed by atoms with Crippen molar-refractivity contribution in [1.29, 1.82) is 0 Å². The van der Waals surface area contributed by atoms with E-state index in [1.165, 1.54) is 72.4 Å². The van der Waals surface area contributed by atoms with Crippen molar-refractivity contribution in [1.82, 2.24) is 19.9 Å². The van der Waals surface area contributed by atoms with E-state index in [1.54, 1.807) is 91.5 Å². The number of pyridine rings is 5. The number of benzene rings is 15. The van der Waals surface area contributed by atoms with Crippen LogP contribution in [0.2, 0.25) is 0 Å². The minimum absolute atomic E-state index is 0.0984. The van der Waals surface area contributed by atoms with E-state index >= 15 is 0 Å². The molecular formula is C99H64BBrCl2F9N5O13S3. The third kappa shape index (κ3) is 20.1. The molecule has 22 rings (SSSR count). The summed E-state index contributed by atoms with van der Waals surface area (Å²) in [6, 6.07) is 103. The van der Waals surface area contributed by atoms with Crippen LogP contribution in [0.1, 0.15) is 0 Å². The highest BCUT2D eigenvalue weighted by Gasteiger charge is 2.57. The van der Waals surface area contributed by atoms with Crippen LogP contribution in [-0.4, -0.2) is 94.4 Å². The Balaban J connectivity index is 0.000000120. The Morgan fingerprint density at radius 1 is 0.338 bits per heavy atom. The van der Waals surface area contributed by atoms with Crippen molar-refractivity contribution in [2.75, 3.05) is 5.34 Å². The van der Waals surface area contributed by atoms with Gasteiger partial charge < -0.3 is 29.7 Å². The van der Waals surface area contributed by atoms with E-state index in [0.29, 0.717) is 27.6 Å². The van der Waals surface area contributed by atoms with Gasteiger partial charge in [-0.1, -0.05) is 216 Å². The van der Waals surface area contributed by atoms with Gasteiger partial charge in [-0.25, -0.2) is 0 Å². The highest BCUT2D eigenvalue weighted by molar-refractivity contribution is 9.10. The summed E-state index contributed by atoms with van der Waals surface area (Å²) in [4.78, 5) is 17.3. The normalized spacial score (nSPS) is 11.9. The summed E-state index contributed by atoms with van der Waals surface area (Å²) in [5.41, 5.74) is -0.871. The average molecular weight is 1960 g/mol. The highest BCUT2D eigenvalue weighted by atomic mass is 79.9. The average Bonchev–Trinajstić information content (AvgIpc) is 1.61. The van der Waals surface area contributed by atoms with Gasteiger partial charge in [-0.2, -0.15) is 69.5 Å². The van der Waals surface area contributed by atoms with Crippen LogP contribution in [0.25, 0.3) is 175 Å². The predicted octanol–water partition coefficient (Wildman–Crippen LogP) is 24.7. The van der Waals surface area contributed by atoms with Crippen LogP contribution in [0.15, 0.2) is 357 Å². The van der Waals surface area contributed by atoms with Crippen molar-refractivity contribution in [2.45, 2.75) is 16.5 Å². The smallest absolute Gasteiger partial charge is 0.534 e. The summed E-state index contributed by atoms with van der Waals surface area (Å²) in [7, 11) is -21.2. The van der Waals surface area contributed by atoms with Gasteiger partial charge in [0.05, 0.1) is 32.8 Å². The molecule has 0 bridgehead atoms. The lowest BCUT2D eigenvalue weighted by Crippen LogP contribution is -2.34. The standard InChI is InChI=1S/C20H12F3NO3S.C19H11NO.C19H13NO.C19H11N.C10H9BO3.C9H6BrN.C2F6O5S2.CH2Cl2/c21-20(22,23)28(25,26)27-19-12-14-6-2-1-5-13(14)11-17(19)15-7-3-9-18-16(15)8-4-10-24-18;21-20-9-8-15-17-11-13-5-2-1-4-12(13)10-16(17)14-6-3-7-18(20)19(14)15;21-19-12-14-6-2-1-5-13(14)11-17(19)15-7-3-9-18-16(15)8-4-10-20-18;1-2-5-13-11-17-15-8-9-20-18-7-3-6-14(19(15)18)16(17)10-12(13)4-1;12-10-6-8-4-2-1-3-7(8)5-9(10)11(13)14;10-8-4-1-5-9-7(8)3-2-6-11-9;3-1(4,5)14(9,10)13-15(11,12)2(6,7)8;2-1-3/h1-12H;1-11H;1-12,21H;1-11H;1-6,12-14H;1-6H;;1H2. The molecule has 2 aliphatic rings. The number of hydrogen-bond acceptors (Lipinski definition) is 17. The van der Waals surface area contributed by atoms with Crippen molar-refractivity contribution in [2.24, 2.45) is 0 Å². The Morgan fingerprint density at radius 2 is 0.669 bits per heavy atom. The fraction of sp³-hybridized carbons (Fsp3) is 0.0404. The number of phenolic OH excluding ortho intramolecular Hbond substituents is 2. The summed E-state index contributed by atoms with van der Waals surface area (Å²) in [5.74, 6) is -0.198. The number of rotatable bonds is 7. The summed E-state index contributed by atoms with van der Waals surface area (Å²) in [5, 5.41) is 65.5. The maximum Gasteiger partial charge on any atom is 0.534 e. The van der Waals surface area contributed by atoms with Gasteiger partial charge in [0, 0.05) is 85.1 Å². The summed E-state index contributed by atoms with van der Waals surface area (Å²) < 4.78 is 179. The Bertz CT molecular complexity index is 8090. The van der Waals surface area contributed by atoms with Gasteiger partial charge >= 0.3 is 54.0 Å². The molecule has 5 aromatic heterocycles. The minimum atomic E-state index is -6.85. The molecule has 0 unspecified atom stereocenters. The molecule has 0 fully saturated rings. The highest BCUT2D eigenvalue weighted by Crippen LogP contribution is 2.50. The molecule has 0 saturated carbocycles. The number of hydrogen-bond donors (Lipinski definition) is 4. The van der Waals surface area contributed by atoms with Crippen LogP contribution < -0.4 is 14.4 Å². The Kier molecular flexibility index (Phi) is 27.4. The first-order valence-electron chi connectivity index (χ1n) is 39.6. The van der Waals surface area contributed by atoms with Crippen molar-refractivity contribution in [3.8, 4) is 84.0 Å². The fourth-order valence-corrected chi connectivity index (χ4v) is 17.8. The third-order valence-electron chi connectivity index (χ3n) is 21.2. The number of halogens is 12. The Morgan fingerprint density at radius 3 is 1.11 bits per heavy atom. The second kappa shape index (κ2) is 38.9. The van der Waals surface area contributed by atoms with E-state index in [9.17, 15) is 80.2 Å². The van der Waals surface area contributed by atoms with Gasteiger partial charge in [-0.15, -0.1) is 26.8 Å². The molecule has 34 heteroatoms. The third-order valence-corrected chi connectivity index (χ3v) is 25.4. The maximum absolute atomic E-state index is 12.9. The zero-order valence-electron chi connectivity index (χ0n) is 68.2. The zero-order chi connectivity index (χ0) is 94.5. The second-order valence-corrected chi connectivity index (χ2v) is 35.8. The number of alkyl halides is 11. The summed E-state index contributed by atoms with van der Waals surface area (Å²) >= 11 is 13.0. The van der Waals surface area contributed by atoms with E-state index in [-0.39, 0.29) is 22.1 Å². The van der Waals surface area contributed by atoms with Crippen LogP contribution in [0.4, 0.5) is 39.5 Å². The van der Waals surface area contributed by atoms with Gasteiger partial charge in [0.2, 0.25) is 5.52 Å². The van der Waals surface area contributed by atoms with Crippen molar-refractivity contribution in [3.63, 3.8) is 0 Å². The van der Waals surface area contributed by atoms with E-state index in [1.807, 2.05) is 143 Å². The first-order valence-corrected chi connectivity index (χ1v) is 45.7. The van der Waals surface area contributed by atoms with Gasteiger partial charge in [0.25, 0.3) is 0 Å². The molecule has 0 spiro atoms. The van der Waals surface area contributed by atoms with Crippen LogP contribution >= 0.6 is 39.1 Å². The molecule has 5 heterocycles. The van der Waals surface area contributed by atoms with E-state index < -0.39 is 59.7 Å². The number of nitrogens with zero attached hydrogens (tertiary/aromatic N) is 5. The summed E-state index contributed by atoms with van der Waals surface area (Å²) in [6.45, 7) is 0. The molecule has 0 atom stereocenters. The first kappa shape index (κ1) is 93.7. The molecule has 0 amide bonds. The molecule has 4 N–H and O–H groups in total. The van der Waals surface area contributed by atoms with Gasteiger partial charge in [0.1, 0.15) is 11.5 Å². The van der Waals surface area contributed by atoms with Crippen LogP contribution in [-0.2, 0) is 34.0 Å². The molecule has 133 heavy (non-hydrogen) atoms. The molecule has 20 aromatic rings. The Hall–Kier alpha value is -13.9. The lowest BCUT2D eigenvalue weighted by Gasteiger charge is -2.15. The van der Waals surface area contributed by atoms with E-state index in [4.69, 9.17) is 33.2 Å². The number of fused-ring (bicyclic) bond motifs is 14. The van der Waals surface area contributed by atoms with E-state index in [2.05, 4.69) is 149 Å². The number of aromatic nitrogens is 5. The number of phenols is 2.